The van der Waals surface area contributed by atoms with Crippen molar-refractivity contribution in [2.45, 2.75) is 13.0 Å². The van der Waals surface area contributed by atoms with Gasteiger partial charge in [-0.15, -0.1) is 0 Å². The lowest BCUT2D eigenvalue weighted by atomic mass is 10.1. The van der Waals surface area contributed by atoms with Crippen molar-refractivity contribution in [2.24, 2.45) is 0 Å². The van der Waals surface area contributed by atoms with Crippen molar-refractivity contribution in [3.05, 3.63) is 17.7 Å². The van der Waals surface area contributed by atoms with Gasteiger partial charge in [0.2, 0.25) is 5.75 Å². The van der Waals surface area contributed by atoms with Gasteiger partial charge >= 0.3 is 0 Å². The molecular formula is C15H22N2O4. The van der Waals surface area contributed by atoms with Crippen LogP contribution in [0.15, 0.2) is 12.1 Å². The number of benzene rings is 1. The van der Waals surface area contributed by atoms with E-state index in [1.54, 1.807) is 19.2 Å². The molecule has 1 aliphatic rings. The maximum atomic E-state index is 12.8. The monoisotopic (exact) mass is 294 g/mol. The van der Waals surface area contributed by atoms with E-state index in [1.807, 2.05) is 11.8 Å². The quantitative estimate of drug-likeness (QED) is 0.853. The van der Waals surface area contributed by atoms with Gasteiger partial charge in [-0.25, -0.2) is 0 Å². The van der Waals surface area contributed by atoms with Crippen molar-refractivity contribution < 1.29 is 19.0 Å². The van der Waals surface area contributed by atoms with Crippen molar-refractivity contribution in [2.75, 3.05) is 41.0 Å². The molecule has 1 aliphatic heterocycles. The number of rotatable bonds is 6. The fraction of sp³-hybridized carbons (Fsp3) is 0.533. The molecule has 1 heterocycles. The minimum Gasteiger partial charge on any atom is -0.493 e. The molecule has 1 N–H and O–H groups in total. The standard InChI is InChI=1S/C15H22N2O4/c1-5-17(10-8-16-9-10)15(18)11-6-7-12(19-2)14(21-4)13(11)20-3/h6-7,10,16H,5,8-9H2,1-4H3. The molecule has 116 valence electrons. The minimum absolute atomic E-state index is 0.0539. The topological polar surface area (TPSA) is 60.0 Å². The molecule has 0 atom stereocenters. The van der Waals surface area contributed by atoms with Crippen LogP contribution in [0.25, 0.3) is 0 Å². The lowest BCUT2D eigenvalue weighted by Gasteiger charge is -2.37. The van der Waals surface area contributed by atoms with Gasteiger partial charge in [-0.3, -0.25) is 4.79 Å². The molecule has 6 nitrogen and oxygen atoms in total. The van der Waals surface area contributed by atoms with E-state index in [2.05, 4.69) is 5.32 Å². The lowest BCUT2D eigenvalue weighted by molar-refractivity contribution is 0.0626. The Morgan fingerprint density at radius 3 is 2.29 bits per heavy atom. The third-order valence-electron chi connectivity index (χ3n) is 3.74. The van der Waals surface area contributed by atoms with Crippen LogP contribution >= 0.6 is 0 Å². The van der Waals surface area contributed by atoms with E-state index >= 15 is 0 Å². The van der Waals surface area contributed by atoms with Gasteiger partial charge in [-0.05, 0) is 19.1 Å². The summed E-state index contributed by atoms with van der Waals surface area (Å²) in [6.45, 7) is 4.29. The predicted octanol–water partition coefficient (Wildman–Crippen LogP) is 1.15. The van der Waals surface area contributed by atoms with Gasteiger partial charge in [0, 0.05) is 19.6 Å². The van der Waals surface area contributed by atoms with Crippen molar-refractivity contribution >= 4 is 5.91 Å². The third-order valence-corrected chi connectivity index (χ3v) is 3.74. The molecule has 1 fully saturated rings. The van der Waals surface area contributed by atoms with Crippen LogP contribution in [0.2, 0.25) is 0 Å². The summed E-state index contributed by atoms with van der Waals surface area (Å²) in [5, 5.41) is 3.18. The van der Waals surface area contributed by atoms with Crippen LogP contribution in [-0.2, 0) is 0 Å². The number of hydrogen-bond donors (Lipinski definition) is 1. The molecule has 21 heavy (non-hydrogen) atoms. The van der Waals surface area contributed by atoms with E-state index in [-0.39, 0.29) is 11.9 Å². The number of amides is 1. The first-order valence-corrected chi connectivity index (χ1v) is 6.98. The number of likely N-dealkylation sites (N-methyl/N-ethyl adjacent to an activating group) is 1. The van der Waals surface area contributed by atoms with Gasteiger partial charge in [-0.2, -0.15) is 0 Å². The van der Waals surface area contributed by atoms with Crippen molar-refractivity contribution in [3.63, 3.8) is 0 Å². The maximum Gasteiger partial charge on any atom is 0.258 e. The van der Waals surface area contributed by atoms with Crippen LogP contribution in [0.3, 0.4) is 0 Å². The van der Waals surface area contributed by atoms with Crippen LogP contribution in [0.1, 0.15) is 17.3 Å². The lowest BCUT2D eigenvalue weighted by Crippen LogP contribution is -2.58. The van der Waals surface area contributed by atoms with Gasteiger partial charge in [0.15, 0.2) is 11.5 Å². The molecule has 0 unspecified atom stereocenters. The molecule has 1 saturated heterocycles. The van der Waals surface area contributed by atoms with Gasteiger partial charge in [-0.1, -0.05) is 0 Å². The average molecular weight is 294 g/mol. The number of ether oxygens (including phenoxy) is 3. The van der Waals surface area contributed by atoms with E-state index in [9.17, 15) is 4.79 Å². The SMILES string of the molecule is CCN(C(=O)c1ccc(OC)c(OC)c1OC)C1CNC1. The zero-order valence-corrected chi connectivity index (χ0v) is 12.9. The summed E-state index contributed by atoms with van der Waals surface area (Å²) in [6, 6.07) is 3.68. The largest absolute Gasteiger partial charge is 0.493 e. The Morgan fingerprint density at radius 1 is 1.19 bits per heavy atom. The van der Waals surface area contributed by atoms with Gasteiger partial charge < -0.3 is 24.4 Å². The summed E-state index contributed by atoms with van der Waals surface area (Å²) in [6.07, 6.45) is 0. The van der Waals surface area contributed by atoms with E-state index in [4.69, 9.17) is 14.2 Å². The van der Waals surface area contributed by atoms with Crippen LogP contribution < -0.4 is 19.5 Å². The van der Waals surface area contributed by atoms with Crippen molar-refractivity contribution in [1.82, 2.24) is 10.2 Å². The zero-order chi connectivity index (χ0) is 15.4. The molecular weight excluding hydrogens is 272 g/mol. The molecule has 0 spiro atoms. The molecule has 2 rings (SSSR count). The van der Waals surface area contributed by atoms with Crippen LogP contribution in [-0.4, -0.2) is 57.8 Å². The Kier molecular flexibility index (Phi) is 4.90. The second-order valence-electron chi connectivity index (χ2n) is 4.79. The Labute approximate surface area is 125 Å². The molecule has 0 bridgehead atoms. The van der Waals surface area contributed by atoms with Crippen LogP contribution in [0.4, 0.5) is 0 Å². The fourth-order valence-electron chi connectivity index (χ4n) is 2.49. The van der Waals surface area contributed by atoms with E-state index in [1.165, 1.54) is 14.2 Å². The molecule has 6 heteroatoms. The Bertz CT molecular complexity index is 515. The first-order chi connectivity index (χ1) is 10.2. The highest BCUT2D eigenvalue weighted by molar-refractivity contribution is 5.98. The fourth-order valence-corrected chi connectivity index (χ4v) is 2.49. The summed E-state index contributed by atoms with van der Waals surface area (Å²) in [7, 11) is 4.61. The number of nitrogens with zero attached hydrogens (tertiary/aromatic N) is 1. The highest BCUT2D eigenvalue weighted by Gasteiger charge is 2.31. The summed E-state index contributed by atoms with van der Waals surface area (Å²) in [5.41, 5.74) is 0.490. The maximum absolute atomic E-state index is 12.8. The predicted molar refractivity (Wildman–Crippen MR) is 79.5 cm³/mol. The number of hydrogen-bond acceptors (Lipinski definition) is 5. The molecule has 1 aromatic carbocycles. The van der Waals surface area contributed by atoms with Crippen molar-refractivity contribution in [1.29, 1.82) is 0 Å². The third kappa shape index (κ3) is 2.76. The molecule has 0 aliphatic carbocycles. The summed E-state index contributed by atoms with van der Waals surface area (Å²) in [4.78, 5) is 14.6. The molecule has 1 amide bonds. The smallest absolute Gasteiger partial charge is 0.258 e. The average Bonchev–Trinajstić information content (AvgIpc) is 2.47. The second kappa shape index (κ2) is 6.67. The Hall–Kier alpha value is -1.95. The second-order valence-corrected chi connectivity index (χ2v) is 4.79. The van der Waals surface area contributed by atoms with Crippen LogP contribution in [0.5, 0.6) is 17.2 Å². The highest BCUT2D eigenvalue weighted by Crippen LogP contribution is 2.40. The number of carbonyl (C=O) groups is 1. The summed E-state index contributed by atoms with van der Waals surface area (Å²) >= 11 is 0. The molecule has 0 radical (unpaired) electrons. The first kappa shape index (κ1) is 15.4. The first-order valence-electron chi connectivity index (χ1n) is 6.98. The number of methoxy groups -OCH3 is 3. The Balaban J connectivity index is 2.39. The minimum atomic E-state index is -0.0539. The van der Waals surface area contributed by atoms with Gasteiger partial charge in [0.05, 0.1) is 32.9 Å². The van der Waals surface area contributed by atoms with E-state index in [0.29, 0.717) is 29.4 Å². The molecule has 1 aromatic rings. The molecule has 0 aromatic heterocycles. The number of nitrogens with one attached hydrogen (secondary N) is 1. The van der Waals surface area contributed by atoms with Gasteiger partial charge in [0.1, 0.15) is 0 Å². The van der Waals surface area contributed by atoms with Crippen molar-refractivity contribution in [3.8, 4) is 17.2 Å². The zero-order valence-electron chi connectivity index (χ0n) is 12.9. The normalized spacial score (nSPS) is 14.3. The molecule has 0 saturated carbocycles. The van der Waals surface area contributed by atoms with Gasteiger partial charge in [0.25, 0.3) is 5.91 Å². The van der Waals surface area contributed by atoms with E-state index < -0.39 is 0 Å². The van der Waals surface area contributed by atoms with E-state index in [0.717, 1.165) is 13.1 Å². The van der Waals surface area contributed by atoms with Crippen LogP contribution in [0, 0.1) is 0 Å². The Morgan fingerprint density at radius 2 is 1.86 bits per heavy atom. The summed E-state index contributed by atoms with van der Waals surface area (Å²) in [5.74, 6) is 1.34. The highest BCUT2D eigenvalue weighted by atomic mass is 16.5. The number of carbonyl (C=O) groups excluding carboxylic acids is 1. The summed E-state index contributed by atoms with van der Waals surface area (Å²) < 4.78 is 16.0.